The van der Waals surface area contributed by atoms with Gasteiger partial charge in [-0.3, -0.25) is 9.59 Å². The highest BCUT2D eigenvalue weighted by Crippen LogP contribution is 2.32. The van der Waals surface area contributed by atoms with Crippen LogP contribution in [0.1, 0.15) is 39.0 Å². The van der Waals surface area contributed by atoms with Crippen LogP contribution in [0.2, 0.25) is 0 Å². The predicted octanol–water partition coefficient (Wildman–Crippen LogP) is 0.146. The van der Waals surface area contributed by atoms with Crippen LogP contribution in [0.3, 0.4) is 0 Å². The molecule has 0 saturated heterocycles. The minimum atomic E-state index is 0.0108. The van der Waals surface area contributed by atoms with Crippen LogP contribution in [0, 0.1) is 5.92 Å². The van der Waals surface area contributed by atoms with Gasteiger partial charge in [0.2, 0.25) is 11.8 Å². The Balaban J connectivity index is 2.09. The van der Waals surface area contributed by atoms with Gasteiger partial charge in [0.15, 0.2) is 0 Å². The zero-order chi connectivity index (χ0) is 12.7. The molecular weight excluding hydrogens is 218 g/mol. The molecule has 98 valence electrons. The van der Waals surface area contributed by atoms with E-state index in [2.05, 4.69) is 10.6 Å². The van der Waals surface area contributed by atoms with Crippen LogP contribution in [0.4, 0.5) is 0 Å². The van der Waals surface area contributed by atoms with Gasteiger partial charge in [0.1, 0.15) is 0 Å². The lowest BCUT2D eigenvalue weighted by Gasteiger charge is -2.15. The van der Waals surface area contributed by atoms with E-state index in [9.17, 15) is 9.59 Å². The van der Waals surface area contributed by atoms with Crippen molar-refractivity contribution in [1.29, 1.82) is 0 Å². The zero-order valence-corrected chi connectivity index (χ0v) is 10.5. The minimum absolute atomic E-state index is 0.0108. The van der Waals surface area contributed by atoms with Gasteiger partial charge in [-0.25, -0.2) is 0 Å². The Morgan fingerprint density at radius 2 is 1.94 bits per heavy atom. The molecule has 0 aliphatic heterocycles. The third-order valence-electron chi connectivity index (χ3n) is 2.97. The van der Waals surface area contributed by atoms with E-state index in [4.69, 9.17) is 5.73 Å². The van der Waals surface area contributed by atoms with Gasteiger partial charge in [0, 0.05) is 32.0 Å². The Bertz CT molecular complexity index is 264. The molecule has 1 unspecified atom stereocenters. The van der Waals surface area contributed by atoms with Crippen molar-refractivity contribution in [3.63, 3.8) is 0 Å². The van der Waals surface area contributed by atoms with Crippen LogP contribution in [0.5, 0.6) is 0 Å². The molecule has 1 atom stereocenters. The van der Waals surface area contributed by atoms with Crippen molar-refractivity contribution in [3.05, 3.63) is 0 Å². The van der Waals surface area contributed by atoms with Crippen LogP contribution >= 0.6 is 0 Å². The van der Waals surface area contributed by atoms with Crippen molar-refractivity contribution in [1.82, 2.24) is 10.6 Å². The van der Waals surface area contributed by atoms with E-state index in [1.165, 1.54) is 12.8 Å². The Labute approximate surface area is 103 Å². The predicted molar refractivity (Wildman–Crippen MR) is 66.2 cm³/mol. The number of nitrogens with two attached hydrogens (primary N) is 1. The maximum Gasteiger partial charge on any atom is 0.220 e. The van der Waals surface area contributed by atoms with Gasteiger partial charge in [-0.2, -0.15) is 0 Å². The normalized spacial score (nSPS) is 16.4. The number of rotatable bonds is 8. The topological polar surface area (TPSA) is 84.2 Å². The number of nitrogens with one attached hydrogen (secondary N) is 2. The minimum Gasteiger partial charge on any atom is -0.356 e. The summed E-state index contributed by atoms with van der Waals surface area (Å²) < 4.78 is 0. The Hall–Kier alpha value is -1.10. The largest absolute Gasteiger partial charge is 0.356 e. The molecule has 0 aromatic rings. The maximum atomic E-state index is 11.6. The number of carbonyl (C=O) groups excluding carboxylic acids is 2. The smallest absolute Gasteiger partial charge is 0.220 e. The molecule has 0 heterocycles. The molecule has 1 saturated carbocycles. The van der Waals surface area contributed by atoms with Gasteiger partial charge in [0.25, 0.3) is 0 Å². The van der Waals surface area contributed by atoms with Crippen LogP contribution in [-0.4, -0.2) is 30.9 Å². The molecule has 5 nitrogen and oxygen atoms in total. The third-order valence-corrected chi connectivity index (χ3v) is 2.97. The zero-order valence-electron chi connectivity index (χ0n) is 10.5. The Morgan fingerprint density at radius 3 is 2.47 bits per heavy atom. The van der Waals surface area contributed by atoms with E-state index in [1.807, 2.05) is 6.92 Å². The van der Waals surface area contributed by atoms with Crippen molar-refractivity contribution in [2.24, 2.45) is 11.7 Å². The lowest BCUT2D eigenvalue weighted by atomic mass is 10.1. The van der Waals surface area contributed by atoms with Crippen molar-refractivity contribution in [2.45, 2.75) is 45.1 Å². The molecule has 1 rings (SSSR count). The summed E-state index contributed by atoms with van der Waals surface area (Å²) in [6, 6.07) is 0.131. The van der Waals surface area contributed by atoms with E-state index >= 15 is 0 Å². The van der Waals surface area contributed by atoms with Crippen molar-refractivity contribution in [2.75, 3.05) is 13.1 Å². The molecule has 17 heavy (non-hydrogen) atoms. The highest BCUT2D eigenvalue weighted by Gasteiger charge is 2.30. The molecule has 0 radical (unpaired) electrons. The van der Waals surface area contributed by atoms with E-state index in [-0.39, 0.29) is 17.9 Å². The molecule has 4 N–H and O–H groups in total. The molecule has 0 aromatic carbocycles. The number of hydrogen-bond donors (Lipinski definition) is 3. The van der Waals surface area contributed by atoms with Gasteiger partial charge in [-0.1, -0.05) is 0 Å². The van der Waals surface area contributed by atoms with E-state index in [0.717, 1.165) is 0 Å². The molecule has 1 fully saturated rings. The highest BCUT2D eigenvalue weighted by atomic mass is 16.2. The summed E-state index contributed by atoms with van der Waals surface area (Å²) in [6.07, 6.45) is 3.75. The van der Waals surface area contributed by atoms with Gasteiger partial charge in [-0.15, -0.1) is 0 Å². The second-order valence-corrected chi connectivity index (χ2v) is 4.55. The first-order chi connectivity index (χ1) is 8.17. The lowest BCUT2D eigenvalue weighted by molar-refractivity contribution is -0.122. The van der Waals surface area contributed by atoms with Crippen LogP contribution < -0.4 is 16.4 Å². The average molecular weight is 241 g/mol. The van der Waals surface area contributed by atoms with Gasteiger partial charge in [-0.05, 0) is 32.1 Å². The maximum absolute atomic E-state index is 11.6. The number of hydrogen-bond acceptors (Lipinski definition) is 3. The summed E-state index contributed by atoms with van der Waals surface area (Å²) in [4.78, 5) is 22.7. The third kappa shape index (κ3) is 5.68. The fourth-order valence-corrected chi connectivity index (χ4v) is 1.84. The average Bonchev–Trinajstić information content (AvgIpc) is 3.10. The molecule has 0 spiro atoms. The second-order valence-electron chi connectivity index (χ2n) is 4.55. The summed E-state index contributed by atoms with van der Waals surface area (Å²) in [5.74, 6) is 0.599. The quantitative estimate of drug-likeness (QED) is 0.565. The van der Waals surface area contributed by atoms with E-state index in [1.54, 1.807) is 0 Å². The summed E-state index contributed by atoms with van der Waals surface area (Å²) in [7, 11) is 0. The van der Waals surface area contributed by atoms with Gasteiger partial charge in [0.05, 0.1) is 0 Å². The van der Waals surface area contributed by atoms with Crippen LogP contribution in [-0.2, 0) is 9.59 Å². The molecular formula is C12H23N3O2. The van der Waals surface area contributed by atoms with Crippen molar-refractivity contribution >= 4 is 11.8 Å². The number of amides is 2. The summed E-state index contributed by atoms with van der Waals surface area (Å²) >= 11 is 0. The first-order valence-electron chi connectivity index (χ1n) is 6.43. The van der Waals surface area contributed by atoms with Crippen LogP contribution in [0.25, 0.3) is 0 Å². The Morgan fingerprint density at radius 1 is 1.29 bits per heavy atom. The molecule has 2 amide bonds. The summed E-state index contributed by atoms with van der Waals surface area (Å²) in [6.45, 7) is 3.03. The second kappa shape index (κ2) is 7.27. The summed E-state index contributed by atoms with van der Waals surface area (Å²) in [5, 5.41) is 5.65. The lowest BCUT2D eigenvalue weighted by Crippen LogP contribution is -2.41. The first kappa shape index (κ1) is 14.0. The molecule has 5 heteroatoms. The standard InChI is InChI=1S/C12H23N3O2/c1-2-14-11(16)4-3-5-12(17)15-10(8-13)9-6-7-9/h9-10H,2-8,13H2,1H3,(H,14,16)(H,15,17). The fraction of sp³-hybridized carbons (Fsp3) is 0.833. The molecule has 0 aromatic heterocycles. The summed E-state index contributed by atoms with van der Waals surface area (Å²) in [5.41, 5.74) is 5.60. The highest BCUT2D eigenvalue weighted by molar-refractivity contribution is 5.79. The van der Waals surface area contributed by atoms with E-state index < -0.39 is 0 Å². The first-order valence-corrected chi connectivity index (χ1v) is 6.43. The monoisotopic (exact) mass is 241 g/mol. The van der Waals surface area contributed by atoms with Crippen molar-refractivity contribution < 1.29 is 9.59 Å². The fourth-order valence-electron chi connectivity index (χ4n) is 1.84. The molecule has 1 aliphatic rings. The SMILES string of the molecule is CCNC(=O)CCCC(=O)NC(CN)C1CC1. The van der Waals surface area contributed by atoms with Crippen molar-refractivity contribution in [3.8, 4) is 0 Å². The van der Waals surface area contributed by atoms with Crippen LogP contribution in [0.15, 0.2) is 0 Å². The van der Waals surface area contributed by atoms with Gasteiger partial charge >= 0.3 is 0 Å². The molecule has 0 bridgehead atoms. The number of carbonyl (C=O) groups is 2. The Kier molecular flexibility index (Phi) is 5.97. The van der Waals surface area contributed by atoms with E-state index in [0.29, 0.717) is 38.3 Å². The van der Waals surface area contributed by atoms with Gasteiger partial charge < -0.3 is 16.4 Å². The molecule has 1 aliphatic carbocycles.